The van der Waals surface area contributed by atoms with Gasteiger partial charge in [0.1, 0.15) is 5.75 Å². The van der Waals surface area contributed by atoms with Crippen LogP contribution in [0.1, 0.15) is 12.8 Å². The van der Waals surface area contributed by atoms with Crippen LogP contribution < -0.4 is 4.90 Å². The Kier molecular flexibility index (Phi) is 2.25. The van der Waals surface area contributed by atoms with E-state index in [4.69, 9.17) is 5.11 Å². The summed E-state index contributed by atoms with van der Waals surface area (Å²) in [6, 6.07) is 4.64. The third-order valence-electron chi connectivity index (χ3n) is 2.31. The molecule has 0 saturated heterocycles. The van der Waals surface area contributed by atoms with Crippen molar-refractivity contribution in [2.75, 3.05) is 4.90 Å². The van der Waals surface area contributed by atoms with Crippen LogP contribution in [-0.4, -0.2) is 17.4 Å². The summed E-state index contributed by atoms with van der Waals surface area (Å²) in [6.45, 7) is 0. The minimum absolute atomic E-state index is 0.0309. The molecule has 0 heterocycles. The van der Waals surface area contributed by atoms with Crippen molar-refractivity contribution in [1.29, 1.82) is 0 Å². The maximum atomic E-state index is 12.7. The molecule has 1 aromatic carbocycles. The SMILES string of the molecule is Oc1ccc(N(C2CC2)C(F)(F)F)cc1. The number of phenolic OH excluding ortho intramolecular Hbond substituents is 1. The number of hydrogen-bond donors (Lipinski definition) is 1. The highest BCUT2D eigenvalue weighted by atomic mass is 19.4. The third kappa shape index (κ3) is 2.16. The summed E-state index contributed by atoms with van der Waals surface area (Å²) in [6.07, 6.45) is -3.21. The topological polar surface area (TPSA) is 23.5 Å². The molecule has 1 aliphatic rings. The van der Waals surface area contributed by atoms with Gasteiger partial charge in [-0.3, -0.25) is 4.90 Å². The highest BCUT2D eigenvalue weighted by Crippen LogP contribution is 2.39. The lowest BCUT2D eigenvalue weighted by atomic mass is 10.3. The molecule has 82 valence electrons. The van der Waals surface area contributed by atoms with E-state index in [0.717, 1.165) is 0 Å². The average Bonchev–Trinajstić information content (AvgIpc) is 2.90. The summed E-state index contributed by atoms with van der Waals surface area (Å²) in [5, 5.41) is 9.00. The van der Waals surface area contributed by atoms with Crippen LogP contribution >= 0.6 is 0 Å². The molecule has 1 N–H and O–H groups in total. The Morgan fingerprint density at radius 2 is 1.67 bits per heavy atom. The minimum atomic E-state index is -4.35. The van der Waals surface area contributed by atoms with Gasteiger partial charge in [-0.05, 0) is 37.1 Å². The van der Waals surface area contributed by atoms with Crippen molar-refractivity contribution in [2.45, 2.75) is 25.2 Å². The van der Waals surface area contributed by atoms with Crippen molar-refractivity contribution >= 4 is 5.69 Å². The largest absolute Gasteiger partial charge is 0.508 e. The maximum absolute atomic E-state index is 12.7. The van der Waals surface area contributed by atoms with Crippen molar-refractivity contribution < 1.29 is 18.3 Å². The van der Waals surface area contributed by atoms with Crippen LogP contribution in [0.3, 0.4) is 0 Å². The van der Waals surface area contributed by atoms with Crippen LogP contribution in [0.25, 0.3) is 0 Å². The molecule has 0 atom stereocenters. The number of anilines is 1. The normalized spacial score (nSPS) is 16.5. The van der Waals surface area contributed by atoms with Crippen LogP contribution in [0.2, 0.25) is 0 Å². The summed E-state index contributed by atoms with van der Waals surface area (Å²) >= 11 is 0. The third-order valence-corrected chi connectivity index (χ3v) is 2.31. The first-order chi connectivity index (χ1) is 6.98. The summed E-state index contributed by atoms with van der Waals surface area (Å²) in [5.74, 6) is -0.0309. The first kappa shape index (κ1) is 10.1. The Labute approximate surface area is 84.9 Å². The Morgan fingerprint density at radius 1 is 1.13 bits per heavy atom. The smallest absolute Gasteiger partial charge is 0.485 e. The van der Waals surface area contributed by atoms with E-state index >= 15 is 0 Å². The van der Waals surface area contributed by atoms with E-state index in [9.17, 15) is 13.2 Å². The van der Waals surface area contributed by atoms with Crippen LogP contribution in [-0.2, 0) is 0 Å². The number of aromatic hydroxyl groups is 1. The lowest BCUT2D eigenvalue weighted by molar-refractivity contribution is -0.130. The van der Waals surface area contributed by atoms with E-state index in [-0.39, 0.29) is 11.4 Å². The Hall–Kier alpha value is -1.39. The van der Waals surface area contributed by atoms with Gasteiger partial charge in [-0.1, -0.05) is 0 Å². The molecule has 1 fully saturated rings. The second-order valence-electron chi connectivity index (χ2n) is 3.59. The van der Waals surface area contributed by atoms with Gasteiger partial charge < -0.3 is 5.11 Å². The van der Waals surface area contributed by atoms with Gasteiger partial charge in [0.25, 0.3) is 0 Å². The van der Waals surface area contributed by atoms with Crippen LogP contribution in [0.4, 0.5) is 18.9 Å². The molecule has 1 aromatic rings. The monoisotopic (exact) mass is 217 g/mol. The summed E-state index contributed by atoms with van der Waals surface area (Å²) in [7, 11) is 0. The number of nitrogens with zero attached hydrogens (tertiary/aromatic N) is 1. The van der Waals surface area contributed by atoms with E-state index in [0.29, 0.717) is 17.7 Å². The molecule has 0 unspecified atom stereocenters. The molecule has 2 rings (SSSR count). The fourth-order valence-corrected chi connectivity index (χ4v) is 1.51. The van der Waals surface area contributed by atoms with Crippen molar-refractivity contribution in [3.63, 3.8) is 0 Å². The van der Waals surface area contributed by atoms with Crippen LogP contribution in [0.5, 0.6) is 5.75 Å². The average molecular weight is 217 g/mol. The quantitative estimate of drug-likeness (QED) is 0.770. The van der Waals surface area contributed by atoms with E-state index < -0.39 is 12.3 Å². The van der Waals surface area contributed by atoms with Gasteiger partial charge >= 0.3 is 6.30 Å². The number of hydrogen-bond acceptors (Lipinski definition) is 2. The maximum Gasteiger partial charge on any atom is 0.485 e. The zero-order valence-corrected chi connectivity index (χ0v) is 7.83. The summed E-state index contributed by atoms with van der Waals surface area (Å²) < 4.78 is 38.0. The second kappa shape index (κ2) is 3.32. The Bertz CT molecular complexity index is 343. The molecule has 2 nitrogen and oxygen atoms in total. The van der Waals surface area contributed by atoms with Crippen molar-refractivity contribution in [3.05, 3.63) is 24.3 Å². The first-order valence-corrected chi connectivity index (χ1v) is 4.63. The van der Waals surface area contributed by atoms with Gasteiger partial charge in [0.2, 0.25) is 0 Å². The molecule has 1 saturated carbocycles. The lowest BCUT2D eigenvalue weighted by Crippen LogP contribution is -2.39. The van der Waals surface area contributed by atoms with Crippen LogP contribution in [0.15, 0.2) is 24.3 Å². The van der Waals surface area contributed by atoms with E-state index in [1.807, 2.05) is 0 Å². The fourth-order valence-electron chi connectivity index (χ4n) is 1.51. The van der Waals surface area contributed by atoms with E-state index in [1.165, 1.54) is 24.3 Å². The van der Waals surface area contributed by atoms with Gasteiger partial charge in [0.05, 0.1) is 0 Å². The molecular weight excluding hydrogens is 207 g/mol. The number of halogens is 3. The molecule has 0 radical (unpaired) electrons. The molecule has 1 aliphatic carbocycles. The zero-order chi connectivity index (χ0) is 11.1. The molecular formula is C10H10F3NO. The molecule has 0 spiro atoms. The van der Waals surface area contributed by atoms with Crippen molar-refractivity contribution in [2.24, 2.45) is 0 Å². The number of rotatable bonds is 2. The lowest BCUT2D eigenvalue weighted by Gasteiger charge is -2.26. The van der Waals surface area contributed by atoms with Gasteiger partial charge in [0.15, 0.2) is 0 Å². The zero-order valence-electron chi connectivity index (χ0n) is 7.83. The summed E-state index contributed by atoms with van der Waals surface area (Å²) in [4.78, 5) is 0.451. The number of alkyl halides is 3. The highest BCUT2D eigenvalue weighted by molar-refractivity contribution is 5.51. The van der Waals surface area contributed by atoms with Gasteiger partial charge in [-0.25, -0.2) is 0 Å². The predicted octanol–water partition coefficient (Wildman–Crippen LogP) is 2.88. The minimum Gasteiger partial charge on any atom is -0.508 e. The molecule has 0 amide bonds. The van der Waals surface area contributed by atoms with Gasteiger partial charge in [0, 0.05) is 11.7 Å². The van der Waals surface area contributed by atoms with Gasteiger partial charge in [-0.15, -0.1) is 0 Å². The molecule has 0 aliphatic heterocycles. The standard InChI is InChI=1S/C10H10F3NO/c11-10(12,13)14(7-1-2-7)8-3-5-9(15)6-4-8/h3-7,15H,1-2H2. The molecule has 0 bridgehead atoms. The van der Waals surface area contributed by atoms with E-state index in [1.54, 1.807) is 0 Å². The van der Waals surface area contributed by atoms with E-state index in [2.05, 4.69) is 0 Å². The first-order valence-electron chi connectivity index (χ1n) is 4.63. The summed E-state index contributed by atoms with van der Waals surface area (Å²) in [5.41, 5.74) is 0.0859. The van der Waals surface area contributed by atoms with Crippen molar-refractivity contribution in [1.82, 2.24) is 0 Å². The predicted molar refractivity (Wildman–Crippen MR) is 49.7 cm³/mol. The molecule has 15 heavy (non-hydrogen) atoms. The van der Waals surface area contributed by atoms with Crippen LogP contribution in [0, 0.1) is 0 Å². The Balaban J connectivity index is 2.28. The number of phenols is 1. The molecule has 0 aromatic heterocycles. The number of benzene rings is 1. The fraction of sp³-hybridized carbons (Fsp3) is 0.400. The second-order valence-corrected chi connectivity index (χ2v) is 3.59. The molecule has 5 heteroatoms. The van der Waals surface area contributed by atoms with Gasteiger partial charge in [-0.2, -0.15) is 13.2 Å². The Morgan fingerprint density at radius 3 is 2.07 bits per heavy atom. The highest BCUT2D eigenvalue weighted by Gasteiger charge is 2.46. The van der Waals surface area contributed by atoms with Crippen molar-refractivity contribution in [3.8, 4) is 5.75 Å².